The standard InChI is InChI=1S/C12H13N7OS/c1-18-10(6-13)15-16-12(18)21-7-19-11(20)8-4-2-3-5-9(8)14-17-19/h2-5H,6-7,13H2,1H3. The molecule has 0 aliphatic rings. The number of fused-ring (bicyclic) bond motifs is 1. The van der Waals surface area contributed by atoms with Gasteiger partial charge in [-0.05, 0) is 12.1 Å². The molecule has 0 aliphatic carbocycles. The van der Waals surface area contributed by atoms with Crippen LogP contribution in [0.1, 0.15) is 5.82 Å². The molecule has 2 N–H and O–H groups in total. The zero-order chi connectivity index (χ0) is 14.8. The summed E-state index contributed by atoms with van der Waals surface area (Å²) < 4.78 is 3.11. The van der Waals surface area contributed by atoms with Gasteiger partial charge in [0.15, 0.2) is 5.16 Å². The molecule has 0 spiro atoms. The first kappa shape index (κ1) is 13.7. The van der Waals surface area contributed by atoms with E-state index in [1.54, 1.807) is 22.8 Å². The third kappa shape index (κ3) is 2.52. The smallest absolute Gasteiger partial charge is 0.278 e. The first-order valence-corrected chi connectivity index (χ1v) is 7.23. The molecule has 9 heteroatoms. The van der Waals surface area contributed by atoms with Gasteiger partial charge in [-0.3, -0.25) is 4.79 Å². The third-order valence-electron chi connectivity index (χ3n) is 3.05. The molecule has 0 bridgehead atoms. The summed E-state index contributed by atoms with van der Waals surface area (Å²) in [6, 6.07) is 7.13. The molecule has 1 aromatic carbocycles. The molecule has 0 aliphatic heterocycles. The number of nitrogens with two attached hydrogens (primary N) is 1. The molecule has 0 saturated carbocycles. The lowest BCUT2D eigenvalue weighted by Gasteiger charge is -2.04. The van der Waals surface area contributed by atoms with E-state index >= 15 is 0 Å². The Morgan fingerprint density at radius 1 is 1.24 bits per heavy atom. The molecular formula is C12H13N7OS. The number of benzene rings is 1. The summed E-state index contributed by atoms with van der Waals surface area (Å²) in [6.45, 7) is 0.319. The van der Waals surface area contributed by atoms with Crippen LogP contribution in [0, 0.1) is 0 Å². The fourth-order valence-corrected chi connectivity index (χ4v) is 2.68. The van der Waals surface area contributed by atoms with Gasteiger partial charge in [-0.15, -0.1) is 15.3 Å². The third-order valence-corrected chi connectivity index (χ3v) is 4.04. The highest BCUT2D eigenvalue weighted by Gasteiger charge is 2.10. The molecule has 2 heterocycles. The average molecular weight is 303 g/mol. The van der Waals surface area contributed by atoms with Gasteiger partial charge in [0.05, 0.1) is 17.8 Å². The Morgan fingerprint density at radius 2 is 2.05 bits per heavy atom. The second kappa shape index (κ2) is 5.62. The summed E-state index contributed by atoms with van der Waals surface area (Å²) in [6.07, 6.45) is 0. The van der Waals surface area contributed by atoms with Crippen LogP contribution in [-0.4, -0.2) is 29.8 Å². The van der Waals surface area contributed by atoms with E-state index in [1.165, 1.54) is 16.4 Å². The Labute approximate surface area is 124 Å². The van der Waals surface area contributed by atoms with Crippen molar-refractivity contribution in [3.05, 3.63) is 40.4 Å². The van der Waals surface area contributed by atoms with E-state index in [4.69, 9.17) is 5.73 Å². The normalized spacial score (nSPS) is 11.1. The van der Waals surface area contributed by atoms with Crippen LogP contribution in [0.25, 0.3) is 10.9 Å². The summed E-state index contributed by atoms with van der Waals surface area (Å²) in [5, 5.41) is 17.2. The van der Waals surface area contributed by atoms with E-state index in [0.29, 0.717) is 34.3 Å². The van der Waals surface area contributed by atoms with Crippen LogP contribution in [-0.2, 0) is 19.5 Å². The van der Waals surface area contributed by atoms with Crippen molar-refractivity contribution in [1.29, 1.82) is 0 Å². The van der Waals surface area contributed by atoms with Crippen molar-refractivity contribution in [1.82, 2.24) is 29.8 Å². The topological polar surface area (TPSA) is 105 Å². The minimum atomic E-state index is -0.172. The molecule has 3 aromatic rings. The number of hydrogen-bond donors (Lipinski definition) is 1. The van der Waals surface area contributed by atoms with Crippen LogP contribution in [0.2, 0.25) is 0 Å². The fourth-order valence-electron chi connectivity index (χ4n) is 1.88. The Bertz CT molecular complexity index is 841. The van der Waals surface area contributed by atoms with Crippen LogP contribution >= 0.6 is 11.8 Å². The van der Waals surface area contributed by atoms with E-state index in [-0.39, 0.29) is 5.56 Å². The van der Waals surface area contributed by atoms with Crippen molar-refractivity contribution < 1.29 is 0 Å². The van der Waals surface area contributed by atoms with Crippen LogP contribution in [0.5, 0.6) is 0 Å². The zero-order valence-electron chi connectivity index (χ0n) is 11.3. The summed E-state index contributed by atoms with van der Waals surface area (Å²) in [5.74, 6) is 1.00. The minimum Gasteiger partial charge on any atom is -0.324 e. The lowest BCUT2D eigenvalue weighted by Crippen LogP contribution is -2.23. The van der Waals surface area contributed by atoms with E-state index < -0.39 is 0 Å². The molecule has 0 amide bonds. The second-order valence-electron chi connectivity index (χ2n) is 4.35. The average Bonchev–Trinajstić information content (AvgIpc) is 2.87. The van der Waals surface area contributed by atoms with Gasteiger partial charge < -0.3 is 10.3 Å². The summed E-state index contributed by atoms with van der Waals surface area (Å²) in [7, 11) is 1.83. The maximum atomic E-state index is 12.3. The maximum absolute atomic E-state index is 12.3. The van der Waals surface area contributed by atoms with Crippen LogP contribution in [0.15, 0.2) is 34.2 Å². The lowest BCUT2D eigenvalue weighted by atomic mass is 10.2. The van der Waals surface area contributed by atoms with Crippen molar-refractivity contribution in [2.45, 2.75) is 17.6 Å². The molecule has 0 radical (unpaired) electrons. The highest BCUT2D eigenvalue weighted by molar-refractivity contribution is 7.98. The van der Waals surface area contributed by atoms with E-state index in [9.17, 15) is 4.79 Å². The molecule has 0 saturated heterocycles. The highest BCUT2D eigenvalue weighted by Crippen LogP contribution is 2.16. The van der Waals surface area contributed by atoms with Gasteiger partial charge in [0, 0.05) is 7.05 Å². The largest absolute Gasteiger partial charge is 0.324 e. The molecular weight excluding hydrogens is 290 g/mol. The van der Waals surface area contributed by atoms with Gasteiger partial charge in [-0.2, -0.15) is 4.68 Å². The van der Waals surface area contributed by atoms with Gasteiger partial charge in [0.2, 0.25) is 0 Å². The van der Waals surface area contributed by atoms with Gasteiger partial charge in [-0.25, -0.2) is 0 Å². The van der Waals surface area contributed by atoms with Crippen molar-refractivity contribution >= 4 is 22.7 Å². The molecule has 21 heavy (non-hydrogen) atoms. The molecule has 2 aromatic heterocycles. The Morgan fingerprint density at radius 3 is 2.81 bits per heavy atom. The van der Waals surface area contributed by atoms with E-state index in [0.717, 1.165) is 0 Å². The van der Waals surface area contributed by atoms with Crippen molar-refractivity contribution in [3.8, 4) is 0 Å². The molecule has 0 fully saturated rings. The molecule has 8 nitrogen and oxygen atoms in total. The summed E-state index contributed by atoms with van der Waals surface area (Å²) in [4.78, 5) is 12.3. The van der Waals surface area contributed by atoms with E-state index in [2.05, 4.69) is 20.5 Å². The number of thioether (sulfide) groups is 1. The fraction of sp³-hybridized carbons (Fsp3) is 0.250. The second-order valence-corrected chi connectivity index (χ2v) is 5.26. The quantitative estimate of drug-likeness (QED) is 0.683. The summed E-state index contributed by atoms with van der Waals surface area (Å²) >= 11 is 1.35. The number of rotatable bonds is 4. The molecule has 0 atom stereocenters. The van der Waals surface area contributed by atoms with Gasteiger partial charge in [-0.1, -0.05) is 29.1 Å². The van der Waals surface area contributed by atoms with Crippen molar-refractivity contribution in [2.75, 3.05) is 0 Å². The molecule has 108 valence electrons. The Kier molecular flexibility index (Phi) is 3.67. The Balaban J connectivity index is 1.87. The molecule has 3 rings (SSSR count). The van der Waals surface area contributed by atoms with Crippen LogP contribution < -0.4 is 11.3 Å². The first-order valence-electron chi connectivity index (χ1n) is 6.24. The zero-order valence-corrected chi connectivity index (χ0v) is 12.1. The number of nitrogens with zero attached hydrogens (tertiary/aromatic N) is 6. The van der Waals surface area contributed by atoms with E-state index in [1.807, 2.05) is 13.1 Å². The Hall–Kier alpha value is -2.26. The van der Waals surface area contributed by atoms with Crippen molar-refractivity contribution in [2.24, 2.45) is 12.8 Å². The van der Waals surface area contributed by atoms with Gasteiger partial charge in [0.1, 0.15) is 11.3 Å². The SMILES string of the molecule is Cn1c(CN)nnc1SCn1nnc2ccccc2c1=O. The first-order chi connectivity index (χ1) is 10.2. The minimum absolute atomic E-state index is 0.172. The number of aromatic nitrogens is 6. The summed E-state index contributed by atoms with van der Waals surface area (Å²) in [5.41, 5.74) is 5.97. The number of hydrogen-bond acceptors (Lipinski definition) is 7. The van der Waals surface area contributed by atoms with Crippen molar-refractivity contribution in [3.63, 3.8) is 0 Å². The lowest BCUT2D eigenvalue weighted by molar-refractivity contribution is 0.641. The van der Waals surface area contributed by atoms with Gasteiger partial charge >= 0.3 is 0 Å². The predicted octanol–water partition coefficient (Wildman–Crippen LogP) is 0.128. The molecule has 0 unspecified atom stereocenters. The highest BCUT2D eigenvalue weighted by atomic mass is 32.2. The van der Waals surface area contributed by atoms with Crippen LogP contribution in [0.3, 0.4) is 0 Å². The van der Waals surface area contributed by atoms with Crippen LogP contribution in [0.4, 0.5) is 0 Å². The van der Waals surface area contributed by atoms with Gasteiger partial charge in [0.25, 0.3) is 5.56 Å². The predicted molar refractivity (Wildman–Crippen MR) is 78.5 cm³/mol. The monoisotopic (exact) mass is 303 g/mol. The maximum Gasteiger partial charge on any atom is 0.278 e.